The molecule has 6 atom stereocenters. The van der Waals surface area contributed by atoms with Gasteiger partial charge in [-0.2, -0.15) is 17.5 Å². The highest BCUT2D eigenvalue weighted by Gasteiger charge is 2.44. The molecular weight excluding hydrogens is 565 g/mol. The van der Waals surface area contributed by atoms with Crippen LogP contribution in [0.2, 0.25) is 0 Å². The quantitative estimate of drug-likeness (QED) is 0.398. The third-order valence-electron chi connectivity index (χ3n) is 6.34. The van der Waals surface area contributed by atoms with Gasteiger partial charge in [-0.15, -0.1) is 0 Å². The molecule has 1 amide bonds. The van der Waals surface area contributed by atoms with Gasteiger partial charge in [-0.3, -0.25) is 0 Å². The van der Waals surface area contributed by atoms with Crippen LogP contribution in [-0.2, 0) is 36.8 Å². The fourth-order valence-corrected chi connectivity index (χ4v) is 5.63. The van der Waals surface area contributed by atoms with E-state index in [2.05, 4.69) is 5.32 Å². The van der Waals surface area contributed by atoms with E-state index < -0.39 is 95.5 Å². The number of carbonyl (C=O) groups is 1. The van der Waals surface area contributed by atoms with Gasteiger partial charge in [-0.1, -0.05) is 44.1 Å². The Morgan fingerprint density at radius 1 is 1.29 bits per heavy atom. The molecule has 2 aliphatic heterocycles. The lowest BCUT2D eigenvalue weighted by atomic mass is 10.0. The van der Waals surface area contributed by atoms with Crippen LogP contribution in [0.15, 0.2) is 59.5 Å². The van der Waals surface area contributed by atoms with Gasteiger partial charge in [0, 0.05) is 21.3 Å². The van der Waals surface area contributed by atoms with E-state index in [9.17, 15) is 31.5 Å². The van der Waals surface area contributed by atoms with Gasteiger partial charge < -0.3 is 24.6 Å². The van der Waals surface area contributed by atoms with Crippen molar-refractivity contribution in [3.63, 3.8) is 0 Å². The molecule has 2 saturated heterocycles. The van der Waals surface area contributed by atoms with Gasteiger partial charge in [0.25, 0.3) is 0 Å². The summed E-state index contributed by atoms with van der Waals surface area (Å²) < 4.78 is 157. The Kier molecular flexibility index (Phi) is 6.71. The fraction of sp³-hybridized carbons (Fsp3) is 0.536. The van der Waals surface area contributed by atoms with Crippen LogP contribution in [0.5, 0.6) is 0 Å². The third kappa shape index (κ3) is 7.98. The van der Waals surface area contributed by atoms with Crippen molar-refractivity contribution >= 4 is 16.1 Å². The third-order valence-corrected chi connectivity index (χ3v) is 8.02. The number of benzene rings is 2. The molecule has 2 aromatic carbocycles. The molecule has 2 N–H and O–H groups in total. The summed E-state index contributed by atoms with van der Waals surface area (Å²) in [6.45, 7) is -10.7. The Hall–Kier alpha value is -2.71. The molecule has 4 rings (SSSR count). The molecule has 2 aromatic rings. The van der Waals surface area contributed by atoms with E-state index in [1.165, 1.54) is 0 Å². The predicted molar refractivity (Wildman–Crippen MR) is 142 cm³/mol. The van der Waals surface area contributed by atoms with Crippen molar-refractivity contribution in [2.24, 2.45) is 11.8 Å². The summed E-state index contributed by atoms with van der Waals surface area (Å²) in [5, 5.41) is 13.8. The van der Waals surface area contributed by atoms with Crippen LogP contribution in [0.3, 0.4) is 0 Å². The number of fused-ring (bicyclic) bond motifs is 1. The van der Waals surface area contributed by atoms with Crippen molar-refractivity contribution in [3.05, 3.63) is 65.7 Å². The Labute approximate surface area is 250 Å². The van der Waals surface area contributed by atoms with Gasteiger partial charge in [0.05, 0.1) is 45.8 Å². The maximum atomic E-state index is 13.9. The van der Waals surface area contributed by atoms with Crippen molar-refractivity contribution in [2.75, 3.05) is 26.2 Å². The van der Waals surface area contributed by atoms with Crippen LogP contribution < -0.4 is 5.32 Å². The van der Waals surface area contributed by atoms with Crippen LogP contribution in [0.1, 0.15) is 43.7 Å². The minimum Gasteiger partial charge on any atom is -0.443 e. The van der Waals surface area contributed by atoms with E-state index in [1.54, 1.807) is 30.3 Å². The van der Waals surface area contributed by atoms with E-state index in [4.69, 9.17) is 26.5 Å². The minimum atomic E-state index is -5.34. The summed E-state index contributed by atoms with van der Waals surface area (Å²) in [6.07, 6.45) is -12.5. The Morgan fingerprint density at radius 2 is 2.00 bits per heavy atom. The zero-order chi connectivity index (χ0) is 37.7. The van der Waals surface area contributed by atoms with Crippen molar-refractivity contribution in [1.82, 2.24) is 9.62 Å². The normalized spacial score (nSPS) is 30.8. The van der Waals surface area contributed by atoms with E-state index in [-0.39, 0.29) is 23.8 Å². The maximum Gasteiger partial charge on any atom is 0.416 e. The number of alkyl carbamates (subject to hydrolysis) is 1. The monoisotopic (exact) mass is 609 g/mol. The molecule has 1 unspecified atom stereocenters. The van der Waals surface area contributed by atoms with E-state index in [0.717, 1.165) is 0 Å². The molecule has 0 aromatic heterocycles. The van der Waals surface area contributed by atoms with Gasteiger partial charge in [0.15, 0.2) is 6.29 Å². The first kappa shape index (κ1) is 21.1. The summed E-state index contributed by atoms with van der Waals surface area (Å²) in [6, 6.07) is 8.12. The number of aliphatic hydroxyl groups is 1. The number of nitrogens with one attached hydrogen (secondary N) is 1. The second kappa shape index (κ2) is 13.1. The summed E-state index contributed by atoms with van der Waals surface area (Å²) in [4.78, 5) is 12.3. The Morgan fingerprint density at radius 3 is 2.66 bits per heavy atom. The molecular formula is C28H35F3N2O7S. The van der Waals surface area contributed by atoms with Crippen molar-refractivity contribution in [2.45, 2.75) is 62.2 Å². The Balaban J connectivity index is 1.72. The number of alkyl halides is 3. The number of carbonyl (C=O) groups excluding carboxylic acids is 1. The molecule has 0 saturated carbocycles. The fourth-order valence-electron chi connectivity index (χ4n) is 4.29. The van der Waals surface area contributed by atoms with Crippen molar-refractivity contribution in [1.29, 1.82) is 0 Å². The molecule has 0 bridgehead atoms. The Bertz CT molecular complexity index is 1640. The predicted octanol–water partition coefficient (Wildman–Crippen LogP) is 3.81. The highest BCUT2D eigenvalue weighted by Crippen LogP contribution is 2.33. The topological polar surface area (TPSA) is 114 Å². The van der Waals surface area contributed by atoms with Gasteiger partial charge >= 0.3 is 12.3 Å². The average Bonchev–Trinajstić information content (AvgIpc) is 3.53. The van der Waals surface area contributed by atoms with Crippen molar-refractivity contribution < 1.29 is 58.0 Å². The number of amides is 1. The molecule has 13 heteroatoms. The second-order valence-electron chi connectivity index (χ2n) is 9.41. The summed E-state index contributed by atoms with van der Waals surface area (Å²) in [5.41, 5.74) is -0.821. The maximum absolute atomic E-state index is 13.9. The van der Waals surface area contributed by atoms with Crippen LogP contribution in [0.4, 0.5) is 18.0 Å². The summed E-state index contributed by atoms with van der Waals surface area (Å²) >= 11 is 0. The zero-order valence-corrected chi connectivity index (χ0v) is 22.5. The van der Waals surface area contributed by atoms with Gasteiger partial charge in [0.1, 0.15) is 6.08 Å². The lowest BCUT2D eigenvalue weighted by Crippen LogP contribution is -2.51. The molecule has 9 nitrogen and oxygen atoms in total. The van der Waals surface area contributed by atoms with Crippen LogP contribution in [0.25, 0.3) is 0 Å². The largest absolute Gasteiger partial charge is 0.443 e. The number of nitrogens with zero attached hydrogens (tertiary/aromatic N) is 1. The highest BCUT2D eigenvalue weighted by atomic mass is 32.2. The molecule has 226 valence electrons. The molecule has 41 heavy (non-hydrogen) atoms. The minimum absolute atomic E-state index is 0.0861. The number of rotatable bonds is 11. The molecule has 2 fully saturated rings. The highest BCUT2D eigenvalue weighted by molar-refractivity contribution is 7.89. The van der Waals surface area contributed by atoms with Crippen LogP contribution in [-0.4, -0.2) is 74.6 Å². The first-order valence-corrected chi connectivity index (χ1v) is 13.9. The van der Waals surface area contributed by atoms with Gasteiger partial charge in [-0.25, -0.2) is 13.2 Å². The lowest BCUT2D eigenvalue weighted by Gasteiger charge is -2.31. The SMILES string of the molecule is [2H]C([2H])([2H])C([2H])(C)C([2H])([2H])N(C[C@@H](O)[C@H](Cc1ccccc1)NC(=O)O[C@]1([2H])[C@@H]2CCO[C@@H]2OC1([2H])[2H])S(=O)(=O)c1ccc(C(F)(F)F)cc1. The molecule has 0 spiro atoms. The smallest absolute Gasteiger partial charge is 0.416 e. The zero-order valence-electron chi connectivity index (χ0n) is 30.7. The standard InChI is InChI=1S/C28H35F3N2O7S/c1-18(2)15-33(41(36,37)21-10-8-20(9-11-21)28(29,30)31)16-24(34)23(14-19-6-4-3-5-7-19)32-27(35)40-25-17-39-26-22(25)12-13-38-26/h3-11,18,22-26,34H,12-17H2,1-2H3,(H,32,35)/t22-,23-,24+,25-,26+/m0/s1/i1D3,15D2,17D2,18D,25D/t18?,22-,23-,24+,25-,26+. The van der Waals surface area contributed by atoms with Crippen LogP contribution in [0, 0.1) is 11.8 Å². The van der Waals surface area contributed by atoms with Crippen LogP contribution >= 0.6 is 0 Å². The average molecular weight is 610 g/mol. The molecule has 0 radical (unpaired) electrons. The number of sulfonamides is 1. The lowest BCUT2D eigenvalue weighted by molar-refractivity contribution is -0.137. The number of halogens is 3. The summed E-state index contributed by atoms with van der Waals surface area (Å²) in [7, 11) is -5.34. The number of aliphatic hydroxyl groups excluding tert-OH is 1. The number of hydrogen-bond acceptors (Lipinski definition) is 7. The summed E-state index contributed by atoms with van der Waals surface area (Å²) in [5.74, 6) is -4.28. The molecule has 0 aliphatic carbocycles. The van der Waals surface area contributed by atoms with Gasteiger partial charge in [0.2, 0.25) is 10.0 Å². The first-order valence-electron chi connectivity index (χ1n) is 17.0. The van der Waals surface area contributed by atoms with Gasteiger partial charge in [-0.05, 0) is 48.6 Å². The molecule has 2 heterocycles. The van der Waals surface area contributed by atoms with E-state index in [1.807, 2.05) is 0 Å². The second-order valence-corrected chi connectivity index (χ2v) is 11.3. The first-order chi connectivity index (χ1) is 22.8. The van der Waals surface area contributed by atoms with E-state index >= 15 is 0 Å². The molecule has 2 aliphatic rings. The van der Waals surface area contributed by atoms with E-state index in [0.29, 0.717) is 36.8 Å². The number of ether oxygens (including phenoxy) is 3. The number of hydrogen-bond donors (Lipinski definition) is 2. The van der Waals surface area contributed by atoms with Crippen molar-refractivity contribution in [3.8, 4) is 0 Å².